The van der Waals surface area contributed by atoms with Crippen molar-refractivity contribution in [2.24, 2.45) is 0 Å². The van der Waals surface area contributed by atoms with Crippen molar-refractivity contribution in [3.05, 3.63) is 46.5 Å². The second-order valence-electron chi connectivity index (χ2n) is 7.34. The molecule has 0 saturated carbocycles. The van der Waals surface area contributed by atoms with Gasteiger partial charge in [0.2, 0.25) is 5.95 Å². The van der Waals surface area contributed by atoms with Crippen LogP contribution in [0.2, 0.25) is 0 Å². The van der Waals surface area contributed by atoms with Crippen LogP contribution in [0.4, 0.5) is 27.9 Å². The Kier molecular flexibility index (Phi) is 5.98. The highest BCUT2D eigenvalue weighted by atomic mass is 16.6. The minimum absolute atomic E-state index is 0.0349. The van der Waals surface area contributed by atoms with E-state index in [9.17, 15) is 14.9 Å². The summed E-state index contributed by atoms with van der Waals surface area (Å²) < 4.78 is 10.7. The number of carbonyl (C=O) groups excluding carboxylic acids is 1. The van der Waals surface area contributed by atoms with E-state index in [0.29, 0.717) is 66.0 Å². The number of aromatic nitrogens is 2. The lowest BCUT2D eigenvalue weighted by molar-refractivity contribution is -0.384. The van der Waals surface area contributed by atoms with Gasteiger partial charge < -0.3 is 30.3 Å². The van der Waals surface area contributed by atoms with E-state index in [1.165, 1.54) is 24.3 Å². The smallest absolute Gasteiger partial charge is 0.321 e. The predicted octanol–water partition coefficient (Wildman–Crippen LogP) is 2.49. The molecule has 2 heterocycles. The molecule has 3 N–H and O–H groups in total. The van der Waals surface area contributed by atoms with E-state index in [4.69, 9.17) is 15.2 Å². The second kappa shape index (κ2) is 9.02. The van der Waals surface area contributed by atoms with Gasteiger partial charge in [-0.1, -0.05) is 0 Å². The number of nitrogens with one attached hydrogen (secondary N) is 1. The molecule has 1 aliphatic heterocycles. The van der Waals surface area contributed by atoms with Gasteiger partial charge in [-0.3, -0.25) is 10.1 Å². The summed E-state index contributed by atoms with van der Waals surface area (Å²) in [4.78, 5) is 35.5. The molecule has 2 amide bonds. The summed E-state index contributed by atoms with van der Waals surface area (Å²) >= 11 is 0. The van der Waals surface area contributed by atoms with Crippen molar-refractivity contribution in [1.29, 1.82) is 0 Å². The van der Waals surface area contributed by atoms with Gasteiger partial charge in [-0.2, -0.15) is 4.98 Å². The van der Waals surface area contributed by atoms with E-state index >= 15 is 0 Å². The fraction of sp³-hybridized carbons (Fsp3) is 0.286. The summed E-state index contributed by atoms with van der Waals surface area (Å²) in [6, 6.07) is 8.92. The van der Waals surface area contributed by atoms with Gasteiger partial charge in [0.25, 0.3) is 5.69 Å². The quantitative estimate of drug-likeness (QED) is 0.439. The third-order valence-electron chi connectivity index (χ3n) is 5.40. The van der Waals surface area contributed by atoms with Gasteiger partial charge in [-0.25, -0.2) is 9.78 Å². The number of amides is 2. The highest BCUT2D eigenvalue weighted by Gasteiger charge is 2.24. The lowest BCUT2D eigenvalue weighted by Gasteiger charge is -2.34. The third-order valence-corrected chi connectivity index (χ3v) is 5.40. The standard InChI is InChI=1S/C21H23N7O5/c1-32-17-11-15-16(12-18(17)33-2)24-20(25-19(15)22)26-7-9-27(10-8-26)21(29)23-13-3-5-14(6-4-13)28(30)31/h3-6,11-12H,7-10H2,1-2H3,(H,23,29)(H2,22,24,25). The Hall–Kier alpha value is -4.35. The molecule has 4 rings (SSSR count). The number of rotatable bonds is 5. The van der Waals surface area contributed by atoms with Crippen LogP contribution in [0.15, 0.2) is 36.4 Å². The second-order valence-corrected chi connectivity index (χ2v) is 7.34. The molecule has 0 bridgehead atoms. The summed E-state index contributed by atoms with van der Waals surface area (Å²) in [5.74, 6) is 1.89. The maximum absolute atomic E-state index is 12.6. The number of fused-ring (bicyclic) bond motifs is 1. The van der Waals surface area contributed by atoms with Crippen molar-refractivity contribution >= 4 is 40.1 Å². The van der Waals surface area contributed by atoms with Crippen LogP contribution in [0, 0.1) is 10.1 Å². The molecule has 0 atom stereocenters. The summed E-state index contributed by atoms with van der Waals surface area (Å²) in [5, 5.41) is 14.2. The van der Waals surface area contributed by atoms with E-state index in [0.717, 1.165) is 0 Å². The Balaban J connectivity index is 1.43. The Bertz CT molecular complexity index is 1190. The maximum Gasteiger partial charge on any atom is 0.321 e. The average molecular weight is 453 g/mol. The number of nitro benzene ring substituents is 1. The third kappa shape index (κ3) is 4.49. The summed E-state index contributed by atoms with van der Waals surface area (Å²) in [6.07, 6.45) is 0. The van der Waals surface area contributed by atoms with Crippen molar-refractivity contribution in [2.75, 3.05) is 56.3 Å². The maximum atomic E-state index is 12.6. The zero-order valence-electron chi connectivity index (χ0n) is 18.1. The number of nitrogens with two attached hydrogens (primary N) is 1. The molecule has 3 aromatic rings. The monoisotopic (exact) mass is 453 g/mol. The van der Waals surface area contributed by atoms with Crippen LogP contribution in [0.3, 0.4) is 0 Å². The molecular weight excluding hydrogens is 430 g/mol. The number of carbonyl (C=O) groups is 1. The van der Waals surface area contributed by atoms with Gasteiger partial charge in [0.05, 0.1) is 24.7 Å². The molecule has 0 radical (unpaired) electrons. The van der Waals surface area contributed by atoms with Crippen LogP contribution in [0.25, 0.3) is 10.9 Å². The first-order valence-electron chi connectivity index (χ1n) is 10.1. The van der Waals surface area contributed by atoms with Crippen molar-refractivity contribution in [3.8, 4) is 11.5 Å². The van der Waals surface area contributed by atoms with Gasteiger partial charge in [0.1, 0.15) is 5.82 Å². The molecule has 1 aromatic heterocycles. The minimum atomic E-state index is -0.487. The van der Waals surface area contributed by atoms with Gasteiger partial charge in [0, 0.05) is 55.5 Å². The van der Waals surface area contributed by atoms with Crippen LogP contribution in [0.1, 0.15) is 0 Å². The van der Waals surface area contributed by atoms with Crippen molar-refractivity contribution in [2.45, 2.75) is 0 Å². The summed E-state index contributed by atoms with van der Waals surface area (Å²) in [6.45, 7) is 1.94. The number of non-ortho nitro benzene ring substituents is 1. The Labute approximate surface area is 189 Å². The number of hydrogen-bond acceptors (Lipinski definition) is 9. The van der Waals surface area contributed by atoms with Gasteiger partial charge in [0.15, 0.2) is 11.5 Å². The molecule has 0 aliphatic carbocycles. The zero-order chi connectivity index (χ0) is 23.5. The molecule has 1 saturated heterocycles. The molecule has 0 unspecified atom stereocenters. The van der Waals surface area contributed by atoms with Gasteiger partial charge in [-0.05, 0) is 18.2 Å². The highest BCUT2D eigenvalue weighted by Crippen LogP contribution is 2.34. The summed E-state index contributed by atoms with van der Waals surface area (Å²) in [5.41, 5.74) is 7.27. The first kappa shape index (κ1) is 21.9. The number of ether oxygens (including phenoxy) is 2. The number of nitrogens with zero attached hydrogens (tertiary/aromatic N) is 5. The number of piperazine rings is 1. The lowest BCUT2D eigenvalue weighted by atomic mass is 10.2. The molecule has 172 valence electrons. The van der Waals surface area contributed by atoms with Crippen LogP contribution in [0.5, 0.6) is 11.5 Å². The fourth-order valence-electron chi connectivity index (χ4n) is 3.59. The number of methoxy groups -OCH3 is 2. The highest BCUT2D eigenvalue weighted by molar-refractivity contribution is 5.92. The molecule has 12 heteroatoms. The van der Waals surface area contributed by atoms with Gasteiger partial charge >= 0.3 is 6.03 Å². The molecule has 1 fully saturated rings. The molecular formula is C21H23N7O5. The zero-order valence-corrected chi connectivity index (χ0v) is 18.1. The van der Waals surface area contributed by atoms with E-state index in [1.54, 1.807) is 31.3 Å². The lowest BCUT2D eigenvalue weighted by Crippen LogP contribution is -2.50. The fourth-order valence-corrected chi connectivity index (χ4v) is 3.59. The number of urea groups is 1. The Morgan fingerprint density at radius 1 is 1.06 bits per heavy atom. The number of hydrogen-bond donors (Lipinski definition) is 2. The molecule has 1 aliphatic rings. The van der Waals surface area contributed by atoms with E-state index in [1.807, 2.05) is 4.90 Å². The number of benzene rings is 2. The number of nitrogen functional groups attached to an aromatic ring is 1. The predicted molar refractivity (Wildman–Crippen MR) is 123 cm³/mol. The first-order chi connectivity index (χ1) is 15.9. The Morgan fingerprint density at radius 2 is 1.70 bits per heavy atom. The van der Waals surface area contributed by atoms with E-state index in [2.05, 4.69) is 15.3 Å². The molecule has 0 spiro atoms. The Morgan fingerprint density at radius 3 is 2.30 bits per heavy atom. The topological polar surface area (TPSA) is 149 Å². The van der Waals surface area contributed by atoms with Crippen molar-refractivity contribution < 1.29 is 19.2 Å². The number of anilines is 3. The average Bonchev–Trinajstić information content (AvgIpc) is 2.83. The largest absolute Gasteiger partial charge is 0.493 e. The van der Waals surface area contributed by atoms with Crippen LogP contribution < -0.4 is 25.4 Å². The summed E-state index contributed by atoms with van der Waals surface area (Å²) in [7, 11) is 3.10. The van der Waals surface area contributed by atoms with E-state index < -0.39 is 4.92 Å². The molecule has 12 nitrogen and oxygen atoms in total. The van der Waals surface area contributed by atoms with E-state index in [-0.39, 0.29) is 11.7 Å². The van der Waals surface area contributed by atoms with Crippen LogP contribution >= 0.6 is 0 Å². The van der Waals surface area contributed by atoms with Crippen LogP contribution in [-0.2, 0) is 0 Å². The SMILES string of the molecule is COc1cc2nc(N3CCN(C(=O)Nc4ccc([N+](=O)[O-])cc4)CC3)nc(N)c2cc1OC. The van der Waals surface area contributed by atoms with Gasteiger partial charge in [-0.15, -0.1) is 0 Å². The van der Waals surface area contributed by atoms with Crippen LogP contribution in [-0.4, -0.2) is 66.2 Å². The first-order valence-corrected chi connectivity index (χ1v) is 10.1. The number of nitro groups is 1. The minimum Gasteiger partial charge on any atom is -0.493 e. The molecule has 33 heavy (non-hydrogen) atoms. The van der Waals surface area contributed by atoms with Crippen molar-refractivity contribution in [3.63, 3.8) is 0 Å². The normalized spacial score (nSPS) is 13.6. The van der Waals surface area contributed by atoms with Crippen molar-refractivity contribution in [1.82, 2.24) is 14.9 Å². The molecule has 2 aromatic carbocycles.